The number of amides is 1. The predicted octanol–water partition coefficient (Wildman–Crippen LogP) is 3.80. The van der Waals surface area contributed by atoms with Crippen molar-refractivity contribution in [3.8, 4) is 0 Å². The first-order valence-corrected chi connectivity index (χ1v) is 11.9. The van der Waals surface area contributed by atoms with Gasteiger partial charge in [-0.15, -0.1) is 0 Å². The number of nitrogens with zero attached hydrogens (tertiary/aromatic N) is 2. The van der Waals surface area contributed by atoms with Gasteiger partial charge in [0.05, 0.1) is 6.10 Å². The summed E-state index contributed by atoms with van der Waals surface area (Å²) in [6, 6.07) is 7.04. The van der Waals surface area contributed by atoms with E-state index in [0.717, 1.165) is 69.8 Å². The summed E-state index contributed by atoms with van der Waals surface area (Å²) in [5, 5.41) is 0. The number of thioether (sulfide) groups is 1. The Morgan fingerprint density at radius 2 is 2.04 bits per heavy atom. The van der Waals surface area contributed by atoms with Gasteiger partial charge in [0.15, 0.2) is 0 Å². The molecule has 0 radical (unpaired) electrons. The normalized spacial score (nSPS) is 21.1. The highest BCUT2D eigenvalue weighted by Gasteiger charge is 2.27. The summed E-state index contributed by atoms with van der Waals surface area (Å²) in [7, 11) is 0. The Morgan fingerprint density at radius 3 is 2.71 bits per heavy atom. The molecule has 1 aromatic rings. The zero-order chi connectivity index (χ0) is 19.8. The van der Waals surface area contributed by atoms with Crippen molar-refractivity contribution in [2.75, 3.05) is 44.8 Å². The Kier molecular flexibility index (Phi) is 8.62. The summed E-state index contributed by atoms with van der Waals surface area (Å²) >= 11 is 1.72. The van der Waals surface area contributed by atoms with Crippen molar-refractivity contribution in [3.63, 3.8) is 0 Å². The number of rotatable bonds is 9. The third-order valence-electron chi connectivity index (χ3n) is 5.86. The number of carbonyl (C=O) groups excluding carboxylic acids is 1. The molecule has 28 heavy (non-hydrogen) atoms. The van der Waals surface area contributed by atoms with Crippen LogP contribution in [0.2, 0.25) is 0 Å². The van der Waals surface area contributed by atoms with Crippen LogP contribution in [0.1, 0.15) is 37.7 Å². The Morgan fingerprint density at radius 1 is 1.25 bits per heavy atom. The minimum atomic E-state index is -0.119. The average Bonchev–Trinajstić information content (AvgIpc) is 3.22. The van der Waals surface area contributed by atoms with Crippen molar-refractivity contribution in [2.24, 2.45) is 5.92 Å². The van der Waals surface area contributed by atoms with E-state index in [-0.39, 0.29) is 17.8 Å². The molecule has 6 heteroatoms. The lowest BCUT2D eigenvalue weighted by molar-refractivity contribution is -0.133. The van der Waals surface area contributed by atoms with Crippen molar-refractivity contribution in [1.29, 1.82) is 0 Å². The molecule has 0 aromatic heterocycles. The Hall–Kier alpha value is -1.11. The van der Waals surface area contributed by atoms with Crippen LogP contribution in [0.25, 0.3) is 0 Å². The SMILES string of the molecule is CSCCC(=O)N(CC1CCN(Cc2ccccc2F)CC1)C[C@H]1CCCO1. The Labute approximate surface area is 172 Å². The fourth-order valence-electron chi connectivity index (χ4n) is 4.17. The molecule has 2 aliphatic heterocycles. The quantitative estimate of drug-likeness (QED) is 0.622. The number of hydrogen-bond acceptors (Lipinski definition) is 4. The molecular formula is C22H33FN2O2S. The fourth-order valence-corrected chi connectivity index (χ4v) is 4.54. The summed E-state index contributed by atoms with van der Waals surface area (Å²) in [5.74, 6) is 1.55. The van der Waals surface area contributed by atoms with Gasteiger partial charge in [0.1, 0.15) is 5.82 Å². The molecule has 2 heterocycles. The first-order chi connectivity index (χ1) is 13.7. The highest BCUT2D eigenvalue weighted by Crippen LogP contribution is 2.23. The Bertz CT molecular complexity index is 616. The maximum atomic E-state index is 13.9. The van der Waals surface area contributed by atoms with Gasteiger partial charge in [-0.3, -0.25) is 9.69 Å². The van der Waals surface area contributed by atoms with Crippen LogP contribution in [0.4, 0.5) is 4.39 Å². The van der Waals surface area contributed by atoms with Crippen LogP contribution in [-0.2, 0) is 16.1 Å². The highest BCUT2D eigenvalue weighted by molar-refractivity contribution is 7.98. The van der Waals surface area contributed by atoms with Crippen molar-refractivity contribution in [2.45, 2.75) is 44.8 Å². The monoisotopic (exact) mass is 408 g/mol. The van der Waals surface area contributed by atoms with Crippen molar-refractivity contribution in [1.82, 2.24) is 9.80 Å². The molecule has 2 saturated heterocycles. The zero-order valence-corrected chi connectivity index (χ0v) is 17.8. The summed E-state index contributed by atoms with van der Waals surface area (Å²) in [4.78, 5) is 17.1. The van der Waals surface area contributed by atoms with E-state index in [1.165, 1.54) is 6.07 Å². The molecule has 156 valence electrons. The molecule has 0 N–H and O–H groups in total. The van der Waals surface area contributed by atoms with E-state index >= 15 is 0 Å². The van der Waals surface area contributed by atoms with E-state index in [1.807, 2.05) is 18.4 Å². The Balaban J connectivity index is 1.49. The maximum absolute atomic E-state index is 13.9. The smallest absolute Gasteiger partial charge is 0.223 e. The lowest BCUT2D eigenvalue weighted by Gasteiger charge is -2.35. The number of piperidine rings is 1. The van der Waals surface area contributed by atoms with Crippen LogP contribution < -0.4 is 0 Å². The topological polar surface area (TPSA) is 32.8 Å². The number of benzene rings is 1. The molecule has 1 aromatic carbocycles. The van der Waals surface area contributed by atoms with Gasteiger partial charge in [-0.2, -0.15) is 11.8 Å². The summed E-state index contributed by atoms with van der Waals surface area (Å²) in [5.41, 5.74) is 0.771. The van der Waals surface area contributed by atoms with Gasteiger partial charge < -0.3 is 9.64 Å². The lowest BCUT2D eigenvalue weighted by Crippen LogP contribution is -2.43. The fraction of sp³-hybridized carbons (Fsp3) is 0.682. The molecule has 0 unspecified atom stereocenters. The second kappa shape index (κ2) is 11.2. The van der Waals surface area contributed by atoms with Crippen molar-refractivity contribution in [3.05, 3.63) is 35.6 Å². The molecule has 0 aliphatic carbocycles. The molecule has 3 rings (SSSR count). The third-order valence-corrected chi connectivity index (χ3v) is 6.47. The van der Waals surface area contributed by atoms with Crippen LogP contribution >= 0.6 is 11.8 Å². The number of hydrogen-bond donors (Lipinski definition) is 0. The van der Waals surface area contributed by atoms with Gasteiger partial charge in [-0.25, -0.2) is 4.39 Å². The van der Waals surface area contributed by atoms with Crippen molar-refractivity contribution < 1.29 is 13.9 Å². The summed E-state index contributed by atoms with van der Waals surface area (Å²) < 4.78 is 19.7. The largest absolute Gasteiger partial charge is 0.376 e. The second-order valence-corrected chi connectivity index (χ2v) is 8.97. The lowest BCUT2D eigenvalue weighted by atomic mass is 9.95. The summed E-state index contributed by atoms with van der Waals surface area (Å²) in [6.07, 6.45) is 7.15. The van der Waals surface area contributed by atoms with E-state index in [9.17, 15) is 9.18 Å². The van der Waals surface area contributed by atoms with Crippen LogP contribution in [0.15, 0.2) is 24.3 Å². The van der Waals surface area contributed by atoms with Crippen LogP contribution in [0, 0.1) is 11.7 Å². The van der Waals surface area contributed by atoms with Gasteiger partial charge >= 0.3 is 0 Å². The molecule has 1 amide bonds. The summed E-state index contributed by atoms with van der Waals surface area (Å²) in [6.45, 7) is 5.00. The number of likely N-dealkylation sites (tertiary alicyclic amines) is 1. The molecular weight excluding hydrogens is 375 g/mol. The predicted molar refractivity (Wildman–Crippen MR) is 113 cm³/mol. The third kappa shape index (κ3) is 6.46. The molecule has 2 aliphatic rings. The minimum absolute atomic E-state index is 0.119. The molecule has 0 bridgehead atoms. The van der Waals surface area contributed by atoms with Crippen LogP contribution in [-0.4, -0.2) is 66.6 Å². The number of ether oxygens (including phenoxy) is 1. The first-order valence-electron chi connectivity index (χ1n) is 10.5. The van der Waals surface area contributed by atoms with E-state index in [4.69, 9.17) is 4.74 Å². The van der Waals surface area contributed by atoms with Gasteiger partial charge in [0, 0.05) is 44.0 Å². The van der Waals surface area contributed by atoms with Crippen molar-refractivity contribution >= 4 is 17.7 Å². The molecule has 2 fully saturated rings. The minimum Gasteiger partial charge on any atom is -0.376 e. The van der Waals surface area contributed by atoms with Crippen LogP contribution in [0.5, 0.6) is 0 Å². The number of halogens is 1. The molecule has 1 atom stereocenters. The van der Waals surface area contributed by atoms with Crippen LogP contribution in [0.3, 0.4) is 0 Å². The second-order valence-electron chi connectivity index (χ2n) is 7.99. The van der Waals surface area contributed by atoms with Gasteiger partial charge in [0.2, 0.25) is 5.91 Å². The molecule has 0 spiro atoms. The van der Waals surface area contributed by atoms with E-state index in [1.54, 1.807) is 17.8 Å². The maximum Gasteiger partial charge on any atom is 0.223 e. The standard InChI is InChI=1S/C22H33FN2O2S/c1-28-14-10-22(26)25(17-20-6-4-13-27-20)15-18-8-11-24(12-9-18)16-19-5-2-3-7-21(19)23/h2-3,5,7,18,20H,4,6,8-17H2,1H3/t20-/m1/s1. The van der Waals surface area contributed by atoms with E-state index in [2.05, 4.69) is 9.80 Å². The van der Waals surface area contributed by atoms with Gasteiger partial charge in [-0.05, 0) is 57.0 Å². The van der Waals surface area contributed by atoms with E-state index in [0.29, 0.717) is 18.9 Å². The van der Waals surface area contributed by atoms with Gasteiger partial charge in [-0.1, -0.05) is 18.2 Å². The average molecular weight is 409 g/mol. The number of carbonyl (C=O) groups is 1. The molecule has 4 nitrogen and oxygen atoms in total. The first kappa shape index (κ1) is 21.6. The zero-order valence-electron chi connectivity index (χ0n) is 16.9. The van der Waals surface area contributed by atoms with Gasteiger partial charge in [0.25, 0.3) is 0 Å². The highest BCUT2D eigenvalue weighted by atomic mass is 32.2. The molecule has 0 saturated carbocycles. The van der Waals surface area contributed by atoms with E-state index < -0.39 is 0 Å².